The van der Waals surface area contributed by atoms with Crippen molar-refractivity contribution in [2.24, 2.45) is 0 Å². The first-order valence-electron chi connectivity index (χ1n) is 4.79. The lowest BCUT2D eigenvalue weighted by atomic mass is 10.3. The summed E-state index contributed by atoms with van der Waals surface area (Å²) in [6.07, 6.45) is -9.35. The fourth-order valence-electron chi connectivity index (χ4n) is 1.08. The van der Waals surface area contributed by atoms with Gasteiger partial charge in [0.1, 0.15) is 0 Å². The molecule has 108 valence electrons. The molecular weight excluding hydrogens is 282 g/mol. The molecule has 3 nitrogen and oxygen atoms in total. The predicted octanol–water partition coefficient (Wildman–Crippen LogP) is 3.27. The van der Waals surface area contributed by atoms with Crippen LogP contribution in [0.2, 0.25) is 0 Å². The first kappa shape index (κ1) is 15.3. The normalized spacial score (nSPS) is 12.3. The summed E-state index contributed by atoms with van der Waals surface area (Å²) in [4.78, 5) is 0. The zero-order chi connectivity index (χ0) is 14.7. The molecule has 0 atom stereocenters. The summed E-state index contributed by atoms with van der Waals surface area (Å²) in [7, 11) is 0. The van der Waals surface area contributed by atoms with Gasteiger partial charge in [-0.1, -0.05) is 6.07 Å². The predicted molar refractivity (Wildman–Crippen MR) is 51.2 cm³/mol. The number of ether oxygens (including phenoxy) is 2. The average Bonchev–Trinajstić information content (AvgIpc) is 2.22. The summed E-state index contributed by atoms with van der Waals surface area (Å²) in [5, 5.41) is 9.26. The molecule has 0 unspecified atom stereocenters. The van der Waals surface area contributed by atoms with Gasteiger partial charge in [-0.05, 0) is 12.1 Å². The van der Waals surface area contributed by atoms with Crippen LogP contribution in [0.3, 0.4) is 0 Å². The Balaban J connectivity index is 2.83. The Bertz CT molecular complexity index is 426. The van der Waals surface area contributed by atoms with Gasteiger partial charge < -0.3 is 14.6 Å². The third kappa shape index (κ3) is 5.58. The largest absolute Gasteiger partial charge is 0.504 e. The molecule has 0 saturated carbocycles. The van der Waals surface area contributed by atoms with Crippen LogP contribution in [0.25, 0.3) is 0 Å². The third-order valence-electron chi connectivity index (χ3n) is 1.73. The van der Waals surface area contributed by atoms with E-state index < -0.39 is 42.8 Å². The van der Waals surface area contributed by atoms with Crippen LogP contribution in [0.1, 0.15) is 0 Å². The number of para-hydroxylation sites is 1. The van der Waals surface area contributed by atoms with E-state index in [2.05, 4.69) is 9.47 Å². The highest BCUT2D eigenvalue weighted by Crippen LogP contribution is 2.37. The lowest BCUT2D eigenvalue weighted by Gasteiger charge is -2.15. The van der Waals surface area contributed by atoms with Crippen molar-refractivity contribution in [3.8, 4) is 17.2 Å². The maximum atomic E-state index is 12.0. The second kappa shape index (κ2) is 5.45. The Hall–Kier alpha value is -1.80. The minimum Gasteiger partial charge on any atom is -0.504 e. The molecule has 0 heterocycles. The Morgan fingerprint density at radius 1 is 0.895 bits per heavy atom. The summed E-state index contributed by atoms with van der Waals surface area (Å²) >= 11 is 0. The van der Waals surface area contributed by atoms with Crippen LogP contribution in [0, 0.1) is 0 Å². The van der Waals surface area contributed by atoms with Gasteiger partial charge in [-0.25, -0.2) is 0 Å². The molecule has 19 heavy (non-hydrogen) atoms. The van der Waals surface area contributed by atoms with E-state index >= 15 is 0 Å². The number of aromatic hydroxyl groups is 1. The zero-order valence-corrected chi connectivity index (χ0v) is 9.18. The second-order valence-electron chi connectivity index (χ2n) is 3.41. The molecule has 0 aliphatic carbocycles. The fourth-order valence-corrected chi connectivity index (χ4v) is 1.08. The van der Waals surface area contributed by atoms with Crippen LogP contribution in [0.5, 0.6) is 17.2 Å². The topological polar surface area (TPSA) is 38.7 Å². The molecule has 0 aliphatic rings. The molecule has 1 aromatic carbocycles. The molecule has 0 radical (unpaired) electrons. The second-order valence-corrected chi connectivity index (χ2v) is 3.41. The van der Waals surface area contributed by atoms with Gasteiger partial charge in [-0.15, -0.1) is 0 Å². The smallest absolute Gasteiger partial charge is 0.422 e. The molecule has 1 N–H and O–H groups in total. The van der Waals surface area contributed by atoms with Crippen LogP contribution in [0.15, 0.2) is 18.2 Å². The molecule has 0 fully saturated rings. The minimum absolute atomic E-state index is 0.624. The molecule has 0 amide bonds. The fraction of sp³-hybridized carbons (Fsp3) is 0.400. The van der Waals surface area contributed by atoms with Crippen molar-refractivity contribution < 1.29 is 40.9 Å². The number of alkyl halides is 6. The van der Waals surface area contributed by atoms with Gasteiger partial charge in [0, 0.05) is 0 Å². The molecule has 0 bridgehead atoms. The number of hydrogen-bond donors (Lipinski definition) is 1. The first-order valence-corrected chi connectivity index (χ1v) is 4.79. The summed E-state index contributed by atoms with van der Waals surface area (Å²) < 4.78 is 80.2. The number of phenols is 1. The highest BCUT2D eigenvalue weighted by atomic mass is 19.4. The van der Waals surface area contributed by atoms with E-state index in [4.69, 9.17) is 0 Å². The van der Waals surface area contributed by atoms with Crippen molar-refractivity contribution in [3.05, 3.63) is 18.2 Å². The summed E-state index contributed by atoms with van der Waals surface area (Å²) in [6, 6.07) is 3.03. The van der Waals surface area contributed by atoms with E-state index in [0.717, 1.165) is 18.2 Å². The Morgan fingerprint density at radius 2 is 1.42 bits per heavy atom. The van der Waals surface area contributed by atoms with E-state index in [1.54, 1.807) is 0 Å². The molecular formula is C10H8F6O3. The van der Waals surface area contributed by atoms with Crippen molar-refractivity contribution in [3.63, 3.8) is 0 Å². The standard InChI is InChI=1S/C10H8F6O3/c11-9(12,13)4-18-7-3-1-2-6(17)8(7)19-5-10(14,15)16/h1-3,17H,4-5H2. The van der Waals surface area contributed by atoms with E-state index in [1.165, 1.54) is 0 Å². The first-order chi connectivity index (χ1) is 8.58. The van der Waals surface area contributed by atoms with Crippen molar-refractivity contribution in [1.29, 1.82) is 0 Å². The number of halogens is 6. The van der Waals surface area contributed by atoms with Crippen molar-refractivity contribution in [2.75, 3.05) is 13.2 Å². The number of benzene rings is 1. The van der Waals surface area contributed by atoms with Crippen LogP contribution < -0.4 is 9.47 Å². The summed E-state index contributed by atoms with van der Waals surface area (Å²) in [6.45, 7) is -3.47. The van der Waals surface area contributed by atoms with Gasteiger partial charge in [0.2, 0.25) is 5.75 Å². The van der Waals surface area contributed by atoms with Gasteiger partial charge in [-0.2, -0.15) is 26.3 Å². The molecule has 1 rings (SSSR count). The summed E-state index contributed by atoms with van der Waals surface area (Å²) in [5.74, 6) is -2.16. The van der Waals surface area contributed by atoms with Crippen LogP contribution >= 0.6 is 0 Å². The highest BCUT2D eigenvalue weighted by Gasteiger charge is 2.31. The minimum atomic E-state index is -4.69. The Labute approximate surface area is 103 Å². The lowest BCUT2D eigenvalue weighted by molar-refractivity contribution is -0.158. The maximum absolute atomic E-state index is 12.0. The Kier molecular flexibility index (Phi) is 4.38. The number of phenolic OH excluding ortho intramolecular Hbond substituents is 1. The molecule has 0 aromatic heterocycles. The third-order valence-corrected chi connectivity index (χ3v) is 1.73. The van der Waals surface area contributed by atoms with E-state index in [1.807, 2.05) is 0 Å². The monoisotopic (exact) mass is 290 g/mol. The summed E-state index contributed by atoms with van der Waals surface area (Å²) in [5.41, 5.74) is 0. The molecule has 9 heteroatoms. The van der Waals surface area contributed by atoms with E-state index in [9.17, 15) is 31.4 Å². The van der Waals surface area contributed by atoms with Crippen LogP contribution in [-0.4, -0.2) is 30.7 Å². The average molecular weight is 290 g/mol. The SMILES string of the molecule is Oc1cccc(OCC(F)(F)F)c1OCC(F)(F)F. The molecule has 0 spiro atoms. The number of hydrogen-bond acceptors (Lipinski definition) is 3. The Morgan fingerprint density at radius 3 is 1.95 bits per heavy atom. The van der Waals surface area contributed by atoms with Gasteiger partial charge in [0.25, 0.3) is 0 Å². The van der Waals surface area contributed by atoms with Crippen LogP contribution in [0.4, 0.5) is 26.3 Å². The van der Waals surface area contributed by atoms with Crippen LogP contribution in [-0.2, 0) is 0 Å². The highest BCUT2D eigenvalue weighted by molar-refractivity contribution is 5.50. The van der Waals surface area contributed by atoms with Crippen molar-refractivity contribution in [2.45, 2.75) is 12.4 Å². The number of rotatable bonds is 4. The zero-order valence-electron chi connectivity index (χ0n) is 9.18. The van der Waals surface area contributed by atoms with E-state index in [-0.39, 0.29) is 0 Å². The molecule has 0 saturated heterocycles. The molecule has 0 aliphatic heterocycles. The maximum Gasteiger partial charge on any atom is 0.422 e. The van der Waals surface area contributed by atoms with Gasteiger partial charge in [-0.3, -0.25) is 0 Å². The van der Waals surface area contributed by atoms with Gasteiger partial charge in [0.15, 0.2) is 24.7 Å². The van der Waals surface area contributed by atoms with Crippen molar-refractivity contribution in [1.82, 2.24) is 0 Å². The van der Waals surface area contributed by atoms with E-state index in [0.29, 0.717) is 0 Å². The molecule has 1 aromatic rings. The quantitative estimate of drug-likeness (QED) is 0.865. The van der Waals surface area contributed by atoms with Gasteiger partial charge >= 0.3 is 12.4 Å². The lowest BCUT2D eigenvalue weighted by Crippen LogP contribution is -2.21. The van der Waals surface area contributed by atoms with Gasteiger partial charge in [0.05, 0.1) is 0 Å². The van der Waals surface area contributed by atoms with Crippen molar-refractivity contribution >= 4 is 0 Å².